The molecule has 1 aromatic heterocycles. The number of rotatable bonds is 7. The molecule has 2 aliphatic heterocycles. The van der Waals surface area contributed by atoms with Gasteiger partial charge in [0.2, 0.25) is 5.91 Å². The van der Waals surface area contributed by atoms with Gasteiger partial charge >= 0.3 is 0 Å². The van der Waals surface area contributed by atoms with Gasteiger partial charge in [0.1, 0.15) is 17.7 Å². The van der Waals surface area contributed by atoms with E-state index >= 15 is 0 Å². The molecule has 3 aromatic carbocycles. The van der Waals surface area contributed by atoms with Crippen LogP contribution in [0.4, 0.5) is 5.82 Å². The van der Waals surface area contributed by atoms with Crippen molar-refractivity contribution < 1.29 is 4.79 Å². The average Bonchev–Trinajstić information content (AvgIpc) is 3.46. The number of anilines is 1. The van der Waals surface area contributed by atoms with Gasteiger partial charge in [0.05, 0.1) is 18.1 Å². The molecule has 3 heterocycles. The van der Waals surface area contributed by atoms with E-state index < -0.39 is 0 Å². The zero-order chi connectivity index (χ0) is 27.6. The Morgan fingerprint density at radius 2 is 1.48 bits per heavy atom. The van der Waals surface area contributed by atoms with Gasteiger partial charge in [0, 0.05) is 48.2 Å². The lowest BCUT2D eigenvalue weighted by Crippen LogP contribution is -2.47. The van der Waals surface area contributed by atoms with Gasteiger partial charge < -0.3 is 10.6 Å². The Morgan fingerprint density at radius 3 is 2.10 bits per heavy atom. The third-order valence-corrected chi connectivity index (χ3v) is 8.50. The first-order valence-corrected chi connectivity index (χ1v) is 14.5. The molecule has 9 heteroatoms. The van der Waals surface area contributed by atoms with Gasteiger partial charge in [0.25, 0.3) is 0 Å². The van der Waals surface area contributed by atoms with Crippen molar-refractivity contribution >= 4 is 45.8 Å². The first-order valence-electron chi connectivity index (χ1n) is 13.8. The molecule has 0 aliphatic carbocycles. The van der Waals surface area contributed by atoms with Crippen molar-refractivity contribution in [1.29, 1.82) is 0 Å². The number of carbonyl (C=O) groups excluding carboxylic acids is 1. The maximum absolute atomic E-state index is 12.2. The molecule has 40 heavy (non-hydrogen) atoms. The summed E-state index contributed by atoms with van der Waals surface area (Å²) in [5.74, 6) is 1.28. The van der Waals surface area contributed by atoms with Crippen molar-refractivity contribution in [1.82, 2.24) is 19.8 Å². The third-order valence-electron chi connectivity index (χ3n) is 7.99. The smallest absolute Gasteiger partial charge is 0.240 e. The summed E-state index contributed by atoms with van der Waals surface area (Å²) >= 11 is 12.4. The molecule has 1 amide bonds. The largest absolute Gasteiger partial charge is 0.368 e. The number of nitrogens with two attached hydrogens (primary N) is 1. The van der Waals surface area contributed by atoms with Crippen LogP contribution < -0.4 is 10.6 Å². The molecule has 0 radical (unpaired) electrons. The fraction of sp³-hybridized carbons (Fsp3) is 0.323. The predicted molar refractivity (Wildman–Crippen MR) is 161 cm³/mol. The molecule has 0 saturated carbocycles. The molecule has 2 N–H and O–H groups in total. The number of aromatic nitrogens is 2. The second-order valence-corrected chi connectivity index (χ2v) is 11.4. The van der Waals surface area contributed by atoms with Crippen LogP contribution in [0.15, 0.2) is 72.8 Å². The highest BCUT2D eigenvalue weighted by Crippen LogP contribution is 2.33. The van der Waals surface area contributed by atoms with E-state index in [0.717, 1.165) is 78.2 Å². The topological polar surface area (TPSA) is 78.6 Å². The highest BCUT2D eigenvalue weighted by Gasteiger charge is 2.32. The SMILES string of the molecule is NC(=O)C1CCCN1c1nc(CN2CCN(C(c3ccc(Cl)cc3)c3ccc(Cl)cc3)CC2)nc2ccccc12. The molecule has 2 aliphatic rings. The summed E-state index contributed by atoms with van der Waals surface area (Å²) in [7, 11) is 0. The van der Waals surface area contributed by atoms with Gasteiger partial charge in [-0.05, 0) is 60.4 Å². The van der Waals surface area contributed by atoms with Crippen molar-refractivity contribution in [3.63, 3.8) is 0 Å². The third kappa shape index (κ3) is 5.65. The maximum Gasteiger partial charge on any atom is 0.240 e. The van der Waals surface area contributed by atoms with Crippen LogP contribution in [0.3, 0.4) is 0 Å². The molecule has 6 rings (SSSR count). The van der Waals surface area contributed by atoms with Crippen LogP contribution >= 0.6 is 23.2 Å². The van der Waals surface area contributed by atoms with Crippen molar-refractivity contribution in [2.75, 3.05) is 37.6 Å². The van der Waals surface area contributed by atoms with E-state index in [4.69, 9.17) is 38.9 Å². The molecule has 1 unspecified atom stereocenters. The second-order valence-electron chi connectivity index (χ2n) is 10.6. The van der Waals surface area contributed by atoms with Crippen LogP contribution in [-0.4, -0.2) is 64.4 Å². The van der Waals surface area contributed by atoms with Gasteiger partial charge in [-0.1, -0.05) is 59.6 Å². The number of hydrogen-bond acceptors (Lipinski definition) is 6. The van der Waals surface area contributed by atoms with Crippen LogP contribution in [0.2, 0.25) is 10.0 Å². The van der Waals surface area contributed by atoms with E-state index in [1.807, 2.05) is 48.5 Å². The maximum atomic E-state index is 12.2. The summed E-state index contributed by atoms with van der Waals surface area (Å²) < 4.78 is 0. The fourth-order valence-electron chi connectivity index (χ4n) is 6.00. The lowest BCUT2D eigenvalue weighted by molar-refractivity contribution is -0.119. The minimum atomic E-state index is -0.327. The normalized spacial score (nSPS) is 18.6. The summed E-state index contributed by atoms with van der Waals surface area (Å²) in [5.41, 5.74) is 9.05. The molecule has 2 saturated heterocycles. The van der Waals surface area contributed by atoms with Gasteiger partial charge in [-0.25, -0.2) is 9.97 Å². The van der Waals surface area contributed by atoms with Crippen LogP contribution in [0.25, 0.3) is 10.9 Å². The number of para-hydroxylation sites is 1. The van der Waals surface area contributed by atoms with Gasteiger partial charge in [-0.3, -0.25) is 14.6 Å². The summed E-state index contributed by atoms with van der Waals surface area (Å²) in [5, 5.41) is 2.42. The van der Waals surface area contributed by atoms with E-state index in [0.29, 0.717) is 6.54 Å². The molecular weight excluding hydrogens is 543 g/mol. The second kappa shape index (κ2) is 11.7. The van der Waals surface area contributed by atoms with Crippen molar-refractivity contribution in [2.24, 2.45) is 5.73 Å². The van der Waals surface area contributed by atoms with Gasteiger partial charge in [-0.2, -0.15) is 0 Å². The number of carbonyl (C=O) groups is 1. The predicted octanol–water partition coefficient (Wildman–Crippen LogP) is 5.30. The van der Waals surface area contributed by atoms with Crippen LogP contribution in [0, 0.1) is 0 Å². The Kier molecular flexibility index (Phi) is 7.89. The molecule has 7 nitrogen and oxygen atoms in total. The Bertz CT molecular complexity index is 1440. The first-order chi connectivity index (χ1) is 19.5. The van der Waals surface area contributed by atoms with E-state index in [1.54, 1.807) is 0 Å². The van der Waals surface area contributed by atoms with Gasteiger partial charge in [-0.15, -0.1) is 0 Å². The Balaban J connectivity index is 1.22. The summed E-state index contributed by atoms with van der Waals surface area (Å²) in [6.07, 6.45) is 1.68. The Hall–Kier alpha value is -3.23. The number of piperazine rings is 1. The molecule has 0 spiro atoms. The van der Waals surface area contributed by atoms with E-state index in [-0.39, 0.29) is 18.0 Å². The summed E-state index contributed by atoms with van der Waals surface area (Å²) in [4.78, 5) is 29.0. The Morgan fingerprint density at radius 1 is 0.850 bits per heavy atom. The van der Waals surface area contributed by atoms with Crippen LogP contribution in [0.5, 0.6) is 0 Å². The van der Waals surface area contributed by atoms with Gasteiger partial charge in [0.15, 0.2) is 0 Å². The van der Waals surface area contributed by atoms with E-state index in [1.165, 1.54) is 11.1 Å². The summed E-state index contributed by atoms with van der Waals surface area (Å²) in [6.45, 7) is 4.98. The lowest BCUT2D eigenvalue weighted by atomic mass is 9.96. The lowest BCUT2D eigenvalue weighted by Gasteiger charge is -2.39. The highest BCUT2D eigenvalue weighted by atomic mass is 35.5. The summed E-state index contributed by atoms with van der Waals surface area (Å²) in [6, 6.07) is 24.0. The van der Waals surface area contributed by atoms with E-state index in [2.05, 4.69) is 39.0 Å². The van der Waals surface area contributed by atoms with Crippen LogP contribution in [0.1, 0.15) is 35.8 Å². The molecule has 0 bridgehead atoms. The standard InChI is InChI=1S/C31H32Cl2N6O/c32-23-11-7-21(8-12-23)29(22-9-13-24(33)14-10-22)38-18-16-37(17-19-38)20-28-35-26-5-2-1-4-25(26)31(36-28)39-15-3-6-27(39)30(34)40/h1-2,4-5,7-14,27,29H,3,6,15-20H2,(H2,34,40). The number of halogens is 2. The minimum absolute atomic E-state index is 0.112. The molecular formula is C31H32Cl2N6O. The number of primary amides is 1. The van der Waals surface area contributed by atoms with Crippen molar-refractivity contribution in [3.05, 3.63) is 99.8 Å². The van der Waals surface area contributed by atoms with Crippen molar-refractivity contribution in [2.45, 2.75) is 31.5 Å². The fourth-order valence-corrected chi connectivity index (χ4v) is 6.25. The highest BCUT2D eigenvalue weighted by molar-refractivity contribution is 6.30. The Labute approximate surface area is 244 Å². The molecule has 1 atom stereocenters. The number of nitrogens with zero attached hydrogens (tertiary/aromatic N) is 5. The number of hydrogen-bond donors (Lipinski definition) is 1. The quantitative estimate of drug-likeness (QED) is 0.323. The molecule has 206 valence electrons. The average molecular weight is 576 g/mol. The first kappa shape index (κ1) is 27.0. The molecule has 2 fully saturated rings. The van der Waals surface area contributed by atoms with E-state index in [9.17, 15) is 4.79 Å². The zero-order valence-corrected chi connectivity index (χ0v) is 23.7. The molecule has 4 aromatic rings. The number of fused-ring (bicyclic) bond motifs is 1. The monoisotopic (exact) mass is 574 g/mol. The van der Waals surface area contributed by atoms with Crippen molar-refractivity contribution in [3.8, 4) is 0 Å². The zero-order valence-electron chi connectivity index (χ0n) is 22.2. The van der Waals surface area contributed by atoms with Crippen LogP contribution in [-0.2, 0) is 11.3 Å². The number of amides is 1. The number of benzene rings is 3. The minimum Gasteiger partial charge on any atom is -0.368 e.